The summed E-state index contributed by atoms with van der Waals surface area (Å²) >= 11 is 0. The molecule has 0 bridgehead atoms. The zero-order chi connectivity index (χ0) is 28.2. The molecule has 4 heteroatoms. The summed E-state index contributed by atoms with van der Waals surface area (Å²) in [6, 6.07) is 17.6. The van der Waals surface area contributed by atoms with Crippen LogP contribution in [0.15, 0.2) is 78.8 Å². The van der Waals surface area contributed by atoms with Crippen LogP contribution in [0.4, 0.5) is 0 Å². The minimum absolute atomic E-state index is 0.0335. The van der Waals surface area contributed by atoms with Crippen molar-refractivity contribution in [3.05, 3.63) is 101 Å². The predicted octanol–water partition coefficient (Wildman–Crippen LogP) is 3.96. The first-order valence-corrected chi connectivity index (χ1v) is 10.8. The van der Waals surface area contributed by atoms with E-state index in [-0.39, 0.29) is 60.5 Å². The first-order chi connectivity index (χ1) is 18.4. The molecule has 1 saturated heterocycles. The van der Waals surface area contributed by atoms with Gasteiger partial charge in [-0.15, -0.1) is 0 Å². The third kappa shape index (κ3) is 3.69. The molecule has 0 radical (unpaired) electrons. The lowest BCUT2D eigenvalue weighted by Crippen LogP contribution is -2.49. The van der Waals surface area contributed by atoms with Gasteiger partial charge in [-0.05, 0) is 53.6 Å². The highest BCUT2D eigenvalue weighted by atomic mass is 16.5. The van der Waals surface area contributed by atoms with Gasteiger partial charge in [0.2, 0.25) is 5.91 Å². The maximum Gasteiger partial charge on any atom is 0.232 e. The maximum absolute atomic E-state index is 13.3. The molecule has 1 fully saturated rings. The van der Waals surface area contributed by atoms with E-state index in [1.807, 2.05) is 60.7 Å². The highest BCUT2D eigenvalue weighted by Crippen LogP contribution is 2.43. The fraction of sp³-hybridized carbons (Fsp3) is 0.321. The minimum atomic E-state index is -2.04. The van der Waals surface area contributed by atoms with Gasteiger partial charge in [0.25, 0.3) is 0 Å². The quantitative estimate of drug-likeness (QED) is 0.614. The Morgan fingerprint density at radius 1 is 1.16 bits per heavy atom. The van der Waals surface area contributed by atoms with Crippen LogP contribution in [0.3, 0.4) is 0 Å². The third-order valence-corrected chi connectivity index (χ3v) is 6.42. The Kier molecular flexibility index (Phi) is 3.88. The van der Waals surface area contributed by atoms with Crippen LogP contribution in [0.5, 0.6) is 5.75 Å². The van der Waals surface area contributed by atoms with Gasteiger partial charge >= 0.3 is 0 Å². The molecule has 2 N–H and O–H groups in total. The van der Waals surface area contributed by atoms with E-state index >= 15 is 0 Å². The normalized spacial score (nSPS) is 23.5. The van der Waals surface area contributed by atoms with Gasteiger partial charge in [0.1, 0.15) is 11.2 Å². The van der Waals surface area contributed by atoms with Crippen LogP contribution in [0.2, 0.25) is 0 Å². The molecular weight excluding hydrogens is 396 g/mol. The molecule has 0 aromatic heterocycles. The van der Waals surface area contributed by atoms with Gasteiger partial charge in [-0.3, -0.25) is 4.79 Å². The molecule has 0 aliphatic carbocycles. The van der Waals surface area contributed by atoms with Crippen molar-refractivity contribution < 1.29 is 19.1 Å². The Morgan fingerprint density at radius 3 is 2.50 bits per heavy atom. The number of amides is 1. The van der Waals surface area contributed by atoms with Crippen molar-refractivity contribution >= 4 is 5.91 Å². The monoisotopic (exact) mass is 433 g/mol. The van der Waals surface area contributed by atoms with Crippen molar-refractivity contribution in [3.63, 3.8) is 0 Å². The van der Waals surface area contributed by atoms with E-state index in [4.69, 9.17) is 20.1 Å². The van der Waals surface area contributed by atoms with Gasteiger partial charge in [-0.2, -0.15) is 0 Å². The second-order valence-electron chi connectivity index (χ2n) is 8.19. The summed E-state index contributed by atoms with van der Waals surface area (Å²) in [4.78, 5) is 14.9. The highest BCUT2D eigenvalue weighted by Gasteiger charge is 2.49. The van der Waals surface area contributed by atoms with E-state index in [1.54, 1.807) is 4.90 Å². The van der Waals surface area contributed by atoms with Gasteiger partial charge in [0.05, 0.1) is 10.7 Å². The smallest absolute Gasteiger partial charge is 0.232 e. The van der Waals surface area contributed by atoms with Crippen molar-refractivity contribution in [2.45, 2.75) is 24.6 Å². The summed E-state index contributed by atoms with van der Waals surface area (Å²) in [5, 5.41) is 0. The number of hydrogen-bond donors (Lipinski definition) is 1. The summed E-state index contributed by atoms with van der Waals surface area (Å²) in [7, 11) is 0. The first-order valence-electron chi connectivity index (χ1n) is 14.3. The number of benzene rings is 3. The van der Waals surface area contributed by atoms with Crippen LogP contribution >= 0.6 is 0 Å². The van der Waals surface area contributed by atoms with Gasteiger partial charge in [-0.25, -0.2) is 0 Å². The number of hydrogen-bond acceptors (Lipinski definition) is 3. The number of rotatable bonds is 7. The van der Waals surface area contributed by atoms with Crippen LogP contribution in [0.25, 0.3) is 0 Å². The standard InChI is InChI=1S/C28H30N2O2/c29-27(31)28(23-7-3-1-4-8-23,24-9-5-2-6-10-24)25-14-17-30(20-25)16-13-21-11-12-26-22(19-21)15-18-32-26/h1-12,19,25H,13-18,20H2,(H2,29,31)/t25-/m1/s1/i11D,12D,15D2,16D2,19D. The molecule has 164 valence electrons. The summed E-state index contributed by atoms with van der Waals surface area (Å²) in [5.74, 6) is -0.985. The lowest BCUT2D eigenvalue weighted by atomic mass is 9.64. The molecule has 5 rings (SSSR count). The number of likely N-dealkylation sites (tertiary alicyclic amines) is 1. The van der Waals surface area contributed by atoms with Crippen molar-refractivity contribution in [2.24, 2.45) is 11.7 Å². The molecule has 3 aromatic rings. The van der Waals surface area contributed by atoms with E-state index in [2.05, 4.69) is 0 Å². The lowest BCUT2D eigenvalue weighted by molar-refractivity contribution is -0.123. The number of ether oxygens (including phenoxy) is 1. The Hall–Kier alpha value is -3.11. The van der Waals surface area contributed by atoms with Crippen molar-refractivity contribution in [1.29, 1.82) is 0 Å². The number of carbonyl (C=O) groups excluding carboxylic acids is 1. The number of fused-ring (bicyclic) bond motifs is 1. The maximum atomic E-state index is 13.3. The highest BCUT2D eigenvalue weighted by molar-refractivity contribution is 5.91. The molecule has 32 heavy (non-hydrogen) atoms. The molecular formula is C28H30N2O2. The average molecular weight is 434 g/mol. The van der Waals surface area contributed by atoms with Gasteiger partial charge in [0.15, 0.2) is 0 Å². The Labute approximate surface area is 199 Å². The summed E-state index contributed by atoms with van der Waals surface area (Å²) in [5.41, 5.74) is 6.30. The molecule has 3 aromatic carbocycles. The van der Waals surface area contributed by atoms with E-state index in [0.717, 1.165) is 11.1 Å². The van der Waals surface area contributed by atoms with E-state index in [1.165, 1.54) is 0 Å². The van der Waals surface area contributed by atoms with E-state index in [9.17, 15) is 4.79 Å². The fourth-order valence-electron chi connectivity index (χ4n) is 4.91. The van der Waals surface area contributed by atoms with Gasteiger partial charge in [-0.1, -0.05) is 72.7 Å². The first kappa shape index (κ1) is 14.1. The van der Waals surface area contributed by atoms with Crippen molar-refractivity contribution in [1.82, 2.24) is 4.90 Å². The van der Waals surface area contributed by atoms with Crippen LogP contribution in [-0.4, -0.2) is 37.0 Å². The molecule has 2 aliphatic heterocycles. The largest absolute Gasteiger partial charge is 0.493 e. The summed E-state index contributed by atoms with van der Waals surface area (Å²) < 4.78 is 65.0. The number of carbonyl (C=O) groups is 1. The van der Waals surface area contributed by atoms with E-state index in [0.29, 0.717) is 13.0 Å². The van der Waals surface area contributed by atoms with Crippen LogP contribution in [0.1, 0.15) is 38.3 Å². The molecule has 0 spiro atoms. The van der Waals surface area contributed by atoms with Crippen molar-refractivity contribution in [2.75, 3.05) is 26.2 Å². The third-order valence-electron chi connectivity index (χ3n) is 6.42. The number of nitrogens with zero attached hydrogens (tertiary/aromatic N) is 1. The molecule has 0 saturated carbocycles. The van der Waals surface area contributed by atoms with Crippen LogP contribution in [0, 0.1) is 5.92 Å². The molecule has 1 amide bonds. The fourth-order valence-corrected chi connectivity index (χ4v) is 4.91. The van der Waals surface area contributed by atoms with Crippen LogP contribution < -0.4 is 10.5 Å². The van der Waals surface area contributed by atoms with E-state index < -0.39 is 24.2 Å². The second kappa shape index (κ2) is 8.79. The zero-order valence-corrected chi connectivity index (χ0v) is 17.7. The summed E-state index contributed by atoms with van der Waals surface area (Å²) in [6.45, 7) is -1.87. The molecule has 2 heterocycles. The zero-order valence-electron chi connectivity index (χ0n) is 24.7. The molecule has 1 atom stereocenters. The number of nitrogens with two attached hydrogens (primary N) is 1. The Bertz CT molecular complexity index is 1360. The predicted molar refractivity (Wildman–Crippen MR) is 127 cm³/mol. The molecule has 2 aliphatic rings. The number of primary amides is 1. The summed E-state index contributed by atoms with van der Waals surface area (Å²) in [6.07, 6.45) is -1.90. The average Bonchev–Trinajstić information content (AvgIpc) is 3.52. The molecule has 0 unspecified atom stereocenters. The van der Waals surface area contributed by atoms with Crippen LogP contribution in [-0.2, 0) is 23.0 Å². The van der Waals surface area contributed by atoms with Crippen molar-refractivity contribution in [3.8, 4) is 5.75 Å². The Balaban J connectivity index is 1.51. The lowest BCUT2D eigenvalue weighted by Gasteiger charge is -2.37. The topological polar surface area (TPSA) is 55.6 Å². The minimum Gasteiger partial charge on any atom is -0.493 e. The SMILES string of the molecule is [2H]c1c([2H])c2c(c([2H])c1CC([2H])([2H])N1CC[C@@H](C(C(N)=O)(c3ccccc3)c3ccccc3)C1)C([2H])([2H])CO2. The Morgan fingerprint density at radius 2 is 1.84 bits per heavy atom. The second-order valence-corrected chi connectivity index (χ2v) is 8.19. The molecule has 4 nitrogen and oxygen atoms in total. The van der Waals surface area contributed by atoms with Gasteiger partial charge < -0.3 is 15.4 Å². The van der Waals surface area contributed by atoms with Gasteiger partial charge in [0, 0.05) is 24.9 Å².